The number of nitro groups is 1. The number of hydrogen-bond donors (Lipinski definition) is 0. The number of anilines is 1. The molecule has 2 rings (SSSR count). The van der Waals surface area contributed by atoms with Crippen LogP contribution in [0.4, 0.5) is 10.1 Å². The molecular formula is C17H17FN2O2. The molecule has 0 saturated carbocycles. The van der Waals surface area contributed by atoms with Gasteiger partial charge in [0.25, 0.3) is 0 Å². The van der Waals surface area contributed by atoms with Gasteiger partial charge in [-0.25, -0.2) is 4.39 Å². The van der Waals surface area contributed by atoms with Crippen LogP contribution < -0.4 is 4.90 Å². The molecule has 5 heteroatoms. The molecule has 0 fully saturated rings. The predicted molar refractivity (Wildman–Crippen MR) is 85.6 cm³/mol. The molecule has 0 heterocycles. The highest BCUT2D eigenvalue weighted by Crippen LogP contribution is 2.21. The molecule has 0 saturated heterocycles. The van der Waals surface area contributed by atoms with Gasteiger partial charge in [-0.2, -0.15) is 0 Å². The van der Waals surface area contributed by atoms with Crippen LogP contribution in [-0.4, -0.2) is 12.0 Å². The number of nitrogens with zero attached hydrogens (tertiary/aromatic N) is 2. The van der Waals surface area contributed by atoms with E-state index in [1.54, 1.807) is 12.1 Å². The van der Waals surface area contributed by atoms with Crippen molar-refractivity contribution in [2.24, 2.45) is 0 Å². The molecule has 2 aromatic carbocycles. The molecular weight excluding hydrogens is 283 g/mol. The van der Waals surface area contributed by atoms with Gasteiger partial charge < -0.3 is 4.90 Å². The standard InChI is InChI=1S/C17H17FN2O2/c1-13(20(21)22)10-15-8-9-16(11-17(15)18)19(2)12-14-6-4-3-5-7-14/h3-11H,12H2,1-2H3/b13-10+. The van der Waals surface area contributed by atoms with Gasteiger partial charge in [-0.15, -0.1) is 0 Å². The van der Waals surface area contributed by atoms with Gasteiger partial charge in [0, 0.05) is 37.8 Å². The van der Waals surface area contributed by atoms with Gasteiger partial charge >= 0.3 is 0 Å². The van der Waals surface area contributed by atoms with Crippen molar-refractivity contribution in [3.05, 3.63) is 81.3 Å². The van der Waals surface area contributed by atoms with Crippen LogP contribution >= 0.6 is 0 Å². The maximum Gasteiger partial charge on any atom is 0.243 e. The van der Waals surface area contributed by atoms with E-state index >= 15 is 0 Å². The second-order valence-corrected chi connectivity index (χ2v) is 5.09. The molecule has 2 aromatic rings. The topological polar surface area (TPSA) is 46.4 Å². The molecule has 0 spiro atoms. The SMILES string of the molecule is C/C(=C\c1ccc(N(C)Cc2ccccc2)cc1F)[N+](=O)[O-]. The van der Waals surface area contributed by atoms with Crippen LogP contribution in [0.25, 0.3) is 6.08 Å². The summed E-state index contributed by atoms with van der Waals surface area (Å²) in [6.07, 6.45) is 1.23. The minimum Gasteiger partial charge on any atom is -0.370 e. The van der Waals surface area contributed by atoms with Gasteiger partial charge in [-0.1, -0.05) is 30.3 Å². The van der Waals surface area contributed by atoms with E-state index in [9.17, 15) is 14.5 Å². The third kappa shape index (κ3) is 3.91. The summed E-state index contributed by atoms with van der Waals surface area (Å²) in [7, 11) is 1.87. The summed E-state index contributed by atoms with van der Waals surface area (Å²) in [5, 5.41) is 10.6. The highest BCUT2D eigenvalue weighted by atomic mass is 19.1. The summed E-state index contributed by atoms with van der Waals surface area (Å²) in [4.78, 5) is 12.0. The third-order valence-electron chi connectivity index (χ3n) is 3.34. The van der Waals surface area contributed by atoms with E-state index in [-0.39, 0.29) is 11.3 Å². The average Bonchev–Trinajstić information content (AvgIpc) is 2.50. The molecule has 0 N–H and O–H groups in total. The van der Waals surface area contributed by atoms with Crippen molar-refractivity contribution in [1.82, 2.24) is 0 Å². The van der Waals surface area contributed by atoms with Crippen molar-refractivity contribution >= 4 is 11.8 Å². The molecule has 0 unspecified atom stereocenters. The zero-order chi connectivity index (χ0) is 16.1. The van der Waals surface area contributed by atoms with E-state index in [0.29, 0.717) is 6.54 Å². The Hall–Kier alpha value is -2.69. The average molecular weight is 300 g/mol. The molecule has 22 heavy (non-hydrogen) atoms. The van der Waals surface area contributed by atoms with E-state index in [0.717, 1.165) is 11.3 Å². The van der Waals surface area contributed by atoms with E-state index in [1.807, 2.05) is 42.3 Å². The lowest BCUT2D eigenvalue weighted by Crippen LogP contribution is -2.16. The fourth-order valence-electron chi connectivity index (χ4n) is 2.10. The first-order valence-electron chi connectivity index (χ1n) is 6.84. The molecule has 0 amide bonds. The summed E-state index contributed by atoms with van der Waals surface area (Å²) in [5.74, 6) is -0.474. The maximum absolute atomic E-state index is 14.1. The van der Waals surface area contributed by atoms with Crippen molar-refractivity contribution < 1.29 is 9.31 Å². The largest absolute Gasteiger partial charge is 0.370 e. The van der Waals surface area contributed by atoms with Gasteiger partial charge in [0.2, 0.25) is 5.70 Å². The summed E-state index contributed by atoms with van der Waals surface area (Å²) >= 11 is 0. The number of allylic oxidation sites excluding steroid dienone is 1. The van der Waals surface area contributed by atoms with Gasteiger partial charge in [0.1, 0.15) is 5.82 Å². The van der Waals surface area contributed by atoms with Gasteiger partial charge in [-0.05, 0) is 23.8 Å². The predicted octanol–water partition coefficient (Wildman–Crippen LogP) is 4.10. The van der Waals surface area contributed by atoms with Crippen LogP contribution in [0.3, 0.4) is 0 Å². The Kier molecular flexibility index (Phi) is 4.88. The van der Waals surface area contributed by atoms with Gasteiger partial charge in [0.15, 0.2) is 0 Å². The van der Waals surface area contributed by atoms with Crippen molar-refractivity contribution in [2.45, 2.75) is 13.5 Å². The van der Waals surface area contributed by atoms with Crippen molar-refractivity contribution in [2.75, 3.05) is 11.9 Å². The highest BCUT2D eigenvalue weighted by Gasteiger charge is 2.09. The first-order valence-corrected chi connectivity index (χ1v) is 6.84. The van der Waals surface area contributed by atoms with Crippen LogP contribution in [0.1, 0.15) is 18.1 Å². The lowest BCUT2D eigenvalue weighted by molar-refractivity contribution is -0.422. The molecule has 0 aliphatic rings. The lowest BCUT2D eigenvalue weighted by atomic mass is 10.1. The minimum absolute atomic E-state index is 0.0932. The quantitative estimate of drug-likeness (QED) is 0.617. The number of rotatable bonds is 5. The summed E-state index contributed by atoms with van der Waals surface area (Å²) < 4.78 is 14.1. The Morgan fingerprint density at radius 1 is 1.27 bits per heavy atom. The Morgan fingerprint density at radius 3 is 2.55 bits per heavy atom. The summed E-state index contributed by atoms with van der Waals surface area (Å²) in [5.41, 5.74) is 1.96. The third-order valence-corrected chi connectivity index (χ3v) is 3.34. The monoisotopic (exact) mass is 300 g/mol. The van der Waals surface area contributed by atoms with Crippen LogP contribution in [0, 0.1) is 15.9 Å². The Bertz CT molecular complexity index is 699. The Balaban J connectivity index is 2.18. The van der Waals surface area contributed by atoms with E-state index in [4.69, 9.17) is 0 Å². The normalized spacial score (nSPS) is 11.3. The van der Waals surface area contributed by atoms with Gasteiger partial charge in [0.05, 0.1) is 4.92 Å². The zero-order valence-electron chi connectivity index (χ0n) is 12.5. The van der Waals surface area contributed by atoms with E-state index < -0.39 is 10.7 Å². The zero-order valence-corrected chi connectivity index (χ0v) is 12.5. The molecule has 0 aliphatic heterocycles. The molecule has 4 nitrogen and oxygen atoms in total. The highest BCUT2D eigenvalue weighted by molar-refractivity contribution is 5.57. The number of hydrogen-bond acceptors (Lipinski definition) is 3. The van der Waals surface area contributed by atoms with Crippen LogP contribution in [-0.2, 0) is 6.54 Å². The smallest absolute Gasteiger partial charge is 0.243 e. The summed E-state index contributed by atoms with van der Waals surface area (Å²) in [6.45, 7) is 2.00. The fourth-order valence-corrected chi connectivity index (χ4v) is 2.10. The molecule has 0 bridgehead atoms. The fraction of sp³-hybridized carbons (Fsp3) is 0.176. The molecule has 114 valence electrons. The Morgan fingerprint density at radius 2 is 1.95 bits per heavy atom. The van der Waals surface area contributed by atoms with Crippen molar-refractivity contribution in [1.29, 1.82) is 0 Å². The number of halogens is 1. The van der Waals surface area contributed by atoms with Crippen LogP contribution in [0.5, 0.6) is 0 Å². The molecule has 0 aliphatic carbocycles. The van der Waals surface area contributed by atoms with Crippen molar-refractivity contribution in [3.63, 3.8) is 0 Å². The van der Waals surface area contributed by atoms with Crippen LogP contribution in [0.15, 0.2) is 54.2 Å². The van der Waals surface area contributed by atoms with E-state index in [2.05, 4.69) is 0 Å². The first kappa shape index (κ1) is 15.7. The molecule has 0 aromatic heterocycles. The van der Waals surface area contributed by atoms with E-state index in [1.165, 1.54) is 19.1 Å². The Labute approximate surface area is 128 Å². The minimum atomic E-state index is -0.533. The molecule has 0 atom stereocenters. The summed E-state index contributed by atoms with van der Waals surface area (Å²) in [6, 6.07) is 14.6. The first-order chi connectivity index (χ1) is 10.5. The lowest BCUT2D eigenvalue weighted by Gasteiger charge is -2.19. The molecule has 0 radical (unpaired) electrons. The van der Waals surface area contributed by atoms with Gasteiger partial charge in [-0.3, -0.25) is 10.1 Å². The van der Waals surface area contributed by atoms with Crippen LogP contribution in [0.2, 0.25) is 0 Å². The second-order valence-electron chi connectivity index (χ2n) is 5.09. The maximum atomic E-state index is 14.1. The number of benzene rings is 2. The second kappa shape index (κ2) is 6.85. The van der Waals surface area contributed by atoms with Crippen molar-refractivity contribution in [3.8, 4) is 0 Å².